The van der Waals surface area contributed by atoms with Gasteiger partial charge in [0.15, 0.2) is 5.82 Å². The van der Waals surface area contributed by atoms with Gasteiger partial charge in [-0.1, -0.05) is 6.07 Å². The number of ether oxygens (including phenoxy) is 1. The first-order valence-corrected chi connectivity index (χ1v) is 16.3. The molecule has 10 heteroatoms. The summed E-state index contributed by atoms with van der Waals surface area (Å²) in [5, 5.41) is 11.2. The summed E-state index contributed by atoms with van der Waals surface area (Å²) in [7, 11) is 3.65. The van der Waals surface area contributed by atoms with E-state index in [2.05, 4.69) is 44.5 Å². The Morgan fingerprint density at radius 1 is 0.979 bits per heavy atom. The van der Waals surface area contributed by atoms with Crippen LogP contribution in [0.2, 0.25) is 0 Å². The number of carbonyl (C=O) groups excluding carboxylic acids is 1. The minimum atomic E-state index is -0.00500. The summed E-state index contributed by atoms with van der Waals surface area (Å²) >= 11 is 0. The van der Waals surface area contributed by atoms with Crippen LogP contribution in [0.25, 0.3) is 55.7 Å². The van der Waals surface area contributed by atoms with Crippen LogP contribution in [-0.2, 0) is 13.6 Å². The first-order valence-electron chi connectivity index (χ1n) is 16.3. The van der Waals surface area contributed by atoms with Crippen LogP contribution in [-0.4, -0.2) is 60.6 Å². The number of piperidine rings is 1. The Bertz CT molecular complexity index is 2310. The third kappa shape index (κ3) is 4.41. The van der Waals surface area contributed by atoms with Gasteiger partial charge in [-0.05, 0) is 92.1 Å². The molecule has 0 unspecified atom stereocenters. The van der Waals surface area contributed by atoms with Crippen LogP contribution < -0.4 is 10.5 Å². The lowest BCUT2D eigenvalue weighted by molar-refractivity contribution is 0.0700. The largest absolute Gasteiger partial charge is 0.494 e. The SMILES string of the molecule is COc1cc(C(=O)N2C[C@H]3CC[C@@H]2[C@@H]3N)cc2nc(-c3cc4ccc(-c5ccc6nc(C#N)ccc6c5)nc4n3CC3CC3)n(C)c12. The van der Waals surface area contributed by atoms with Gasteiger partial charge in [0.1, 0.15) is 28.7 Å². The Hall–Kier alpha value is -5.27. The molecule has 3 fully saturated rings. The predicted octanol–water partition coefficient (Wildman–Crippen LogP) is 5.66. The summed E-state index contributed by atoms with van der Waals surface area (Å²) < 4.78 is 10.2. The third-order valence-corrected chi connectivity index (χ3v) is 10.5. The summed E-state index contributed by atoms with van der Waals surface area (Å²) in [6, 6.07) is 22.1. The molecule has 6 aromatic rings. The minimum Gasteiger partial charge on any atom is -0.494 e. The molecule has 47 heavy (non-hydrogen) atoms. The van der Waals surface area contributed by atoms with Gasteiger partial charge in [0.25, 0.3) is 5.91 Å². The molecule has 234 valence electrons. The van der Waals surface area contributed by atoms with Crippen molar-refractivity contribution in [2.24, 2.45) is 24.6 Å². The fourth-order valence-electron chi connectivity index (χ4n) is 7.83. The van der Waals surface area contributed by atoms with E-state index in [0.717, 1.165) is 75.1 Å². The molecule has 1 aliphatic heterocycles. The van der Waals surface area contributed by atoms with Crippen molar-refractivity contribution in [2.75, 3.05) is 13.7 Å². The maximum absolute atomic E-state index is 13.8. The van der Waals surface area contributed by atoms with Gasteiger partial charge >= 0.3 is 0 Å². The lowest BCUT2D eigenvalue weighted by atomic mass is 10.1. The Kier molecular flexibility index (Phi) is 6.18. The van der Waals surface area contributed by atoms with E-state index in [4.69, 9.17) is 20.4 Å². The molecule has 1 amide bonds. The molecule has 2 bridgehead atoms. The predicted molar refractivity (Wildman–Crippen MR) is 180 cm³/mol. The highest BCUT2D eigenvalue weighted by atomic mass is 16.5. The van der Waals surface area contributed by atoms with Gasteiger partial charge in [0.2, 0.25) is 0 Å². The Labute approximate surface area is 271 Å². The third-order valence-electron chi connectivity index (χ3n) is 10.5. The number of rotatable bonds is 6. The topological polar surface area (TPSA) is 128 Å². The lowest BCUT2D eigenvalue weighted by Gasteiger charge is -2.27. The van der Waals surface area contributed by atoms with E-state index in [1.165, 1.54) is 12.8 Å². The highest BCUT2D eigenvalue weighted by Gasteiger charge is 2.47. The maximum atomic E-state index is 13.8. The molecule has 2 N–H and O–H groups in total. The van der Waals surface area contributed by atoms with E-state index in [-0.39, 0.29) is 18.0 Å². The minimum absolute atomic E-state index is 0.00500. The van der Waals surface area contributed by atoms with E-state index in [0.29, 0.717) is 35.4 Å². The number of hydrogen-bond acceptors (Lipinski definition) is 7. The number of nitrogens with two attached hydrogens (primary N) is 1. The molecule has 2 saturated carbocycles. The van der Waals surface area contributed by atoms with Crippen molar-refractivity contribution in [1.82, 2.24) is 29.0 Å². The van der Waals surface area contributed by atoms with Gasteiger partial charge in [-0.2, -0.15) is 5.26 Å². The van der Waals surface area contributed by atoms with Crippen molar-refractivity contribution in [2.45, 2.75) is 44.3 Å². The normalized spacial score (nSPS) is 20.5. The van der Waals surface area contributed by atoms with E-state index in [1.807, 2.05) is 42.3 Å². The zero-order valence-corrected chi connectivity index (χ0v) is 26.3. The number of likely N-dealkylation sites (tertiary alicyclic amines) is 1. The monoisotopic (exact) mass is 622 g/mol. The fraction of sp³-hybridized carbons (Fsp3) is 0.324. The molecule has 0 radical (unpaired) electrons. The number of aryl methyl sites for hydroxylation is 1. The van der Waals surface area contributed by atoms with Crippen molar-refractivity contribution < 1.29 is 9.53 Å². The zero-order valence-electron chi connectivity index (χ0n) is 26.3. The van der Waals surface area contributed by atoms with E-state index < -0.39 is 0 Å². The van der Waals surface area contributed by atoms with Crippen LogP contribution in [0.4, 0.5) is 0 Å². The number of aromatic nitrogens is 5. The average molecular weight is 623 g/mol. The summed E-state index contributed by atoms with van der Waals surface area (Å²) in [6.07, 6.45) is 4.46. The van der Waals surface area contributed by atoms with Crippen molar-refractivity contribution in [3.63, 3.8) is 0 Å². The molecule has 2 aromatic carbocycles. The second-order valence-electron chi connectivity index (χ2n) is 13.4. The highest BCUT2D eigenvalue weighted by molar-refractivity contribution is 6.00. The number of nitriles is 1. The number of pyridine rings is 2. The number of amides is 1. The van der Waals surface area contributed by atoms with Crippen LogP contribution in [0.15, 0.2) is 60.7 Å². The number of nitrogens with zero attached hydrogens (tertiary/aromatic N) is 7. The zero-order chi connectivity index (χ0) is 32.0. The van der Waals surface area contributed by atoms with Crippen LogP contribution in [0.3, 0.4) is 0 Å². The van der Waals surface area contributed by atoms with Crippen LogP contribution in [0.5, 0.6) is 5.75 Å². The second kappa shape index (κ2) is 10.4. The Balaban J connectivity index is 1.14. The van der Waals surface area contributed by atoms with E-state index >= 15 is 0 Å². The molecule has 2 aliphatic carbocycles. The number of hydrogen-bond donors (Lipinski definition) is 1. The summed E-state index contributed by atoms with van der Waals surface area (Å²) in [5.41, 5.74) is 13.5. The van der Waals surface area contributed by atoms with Crippen LogP contribution >= 0.6 is 0 Å². The Morgan fingerprint density at radius 3 is 2.57 bits per heavy atom. The highest BCUT2D eigenvalue weighted by Crippen LogP contribution is 2.40. The fourth-order valence-corrected chi connectivity index (χ4v) is 7.83. The lowest BCUT2D eigenvalue weighted by Crippen LogP contribution is -2.41. The van der Waals surface area contributed by atoms with Gasteiger partial charge in [-0.3, -0.25) is 4.79 Å². The smallest absolute Gasteiger partial charge is 0.254 e. The molecule has 3 aliphatic rings. The van der Waals surface area contributed by atoms with Crippen molar-refractivity contribution >= 4 is 38.9 Å². The summed E-state index contributed by atoms with van der Waals surface area (Å²) in [5.74, 6) is 2.41. The molecular weight excluding hydrogens is 588 g/mol. The van der Waals surface area contributed by atoms with Crippen molar-refractivity contribution in [3.05, 3.63) is 71.9 Å². The summed E-state index contributed by atoms with van der Waals surface area (Å²) in [4.78, 5) is 30.5. The van der Waals surface area contributed by atoms with Crippen molar-refractivity contribution in [3.8, 4) is 34.6 Å². The van der Waals surface area contributed by atoms with Gasteiger partial charge in [-0.15, -0.1) is 0 Å². The average Bonchev–Trinajstić information content (AvgIpc) is 3.50. The van der Waals surface area contributed by atoms with Gasteiger partial charge in [0.05, 0.1) is 29.5 Å². The van der Waals surface area contributed by atoms with Gasteiger partial charge in [-0.25, -0.2) is 15.0 Å². The van der Waals surface area contributed by atoms with Crippen molar-refractivity contribution in [1.29, 1.82) is 5.26 Å². The molecule has 4 aromatic heterocycles. The molecule has 10 nitrogen and oxygen atoms in total. The molecule has 3 atom stereocenters. The summed E-state index contributed by atoms with van der Waals surface area (Å²) in [6.45, 7) is 1.57. The molecular formula is C37H34N8O2. The number of fused-ring (bicyclic) bond motifs is 5. The molecule has 5 heterocycles. The molecule has 1 saturated heterocycles. The van der Waals surface area contributed by atoms with Gasteiger partial charge in [0, 0.05) is 54.1 Å². The number of imidazole rings is 1. The van der Waals surface area contributed by atoms with Crippen LogP contribution in [0, 0.1) is 23.2 Å². The molecule has 9 rings (SSSR count). The standard InChI is InChI=1S/C37H34N8O2/c1-43-34-29(14-25(16-32(34)47-2)37(46)45-19-24-8-12-30(45)33(24)39)42-36(43)31-15-23-7-11-28(41-35(23)44(31)18-20-3-4-20)22-6-10-27-21(13-22)5-9-26(17-38)40-27/h5-7,9-11,13-16,20,24,30,33H,3-4,8,12,18-19,39H2,1-2H3/t24-,30-,33-/m1/s1. The van der Waals surface area contributed by atoms with E-state index in [9.17, 15) is 10.1 Å². The molecule has 0 spiro atoms. The second-order valence-corrected chi connectivity index (χ2v) is 13.4. The first-order chi connectivity index (χ1) is 22.9. The maximum Gasteiger partial charge on any atom is 0.254 e. The number of benzene rings is 2. The number of methoxy groups -OCH3 is 1. The first kappa shape index (κ1) is 28.0. The van der Waals surface area contributed by atoms with Crippen LogP contribution in [0.1, 0.15) is 41.7 Å². The number of carbonyl (C=O) groups is 1. The quantitative estimate of drug-likeness (QED) is 0.254. The van der Waals surface area contributed by atoms with E-state index in [1.54, 1.807) is 13.2 Å². The van der Waals surface area contributed by atoms with Gasteiger partial charge < -0.3 is 24.5 Å². The Morgan fingerprint density at radius 2 is 1.83 bits per heavy atom.